The summed E-state index contributed by atoms with van der Waals surface area (Å²) in [4.78, 5) is 18.3. The Kier molecular flexibility index (Phi) is 6.46. The smallest absolute Gasteiger partial charge is 0.183 e. The summed E-state index contributed by atoms with van der Waals surface area (Å²) < 4.78 is 14.4. The van der Waals surface area contributed by atoms with Crippen LogP contribution in [0.25, 0.3) is 22.4 Å². The lowest BCUT2D eigenvalue weighted by Crippen LogP contribution is -2.40. The van der Waals surface area contributed by atoms with Crippen LogP contribution in [0.5, 0.6) is 0 Å². The quantitative estimate of drug-likeness (QED) is 0.529. The minimum absolute atomic E-state index is 0.197. The normalized spacial score (nSPS) is 18.6. The van der Waals surface area contributed by atoms with E-state index in [9.17, 15) is 9.50 Å². The fraction of sp³-hybridized carbons (Fsp3) is 0.476. The first kappa shape index (κ1) is 21.0. The predicted octanol–water partition coefficient (Wildman–Crippen LogP) is 3.56. The first-order valence-electron chi connectivity index (χ1n) is 10.3. The van der Waals surface area contributed by atoms with E-state index in [1.165, 1.54) is 6.20 Å². The minimum Gasteiger partial charge on any atom is -0.396 e. The van der Waals surface area contributed by atoms with E-state index in [-0.39, 0.29) is 18.3 Å². The van der Waals surface area contributed by atoms with Crippen LogP contribution in [0, 0.1) is 17.7 Å². The van der Waals surface area contributed by atoms with E-state index in [1.807, 2.05) is 6.92 Å². The van der Waals surface area contributed by atoms with Crippen LogP contribution < -0.4 is 5.32 Å². The lowest BCUT2D eigenvalue weighted by Gasteiger charge is -2.34. The van der Waals surface area contributed by atoms with Gasteiger partial charge in [0.2, 0.25) is 0 Å². The Labute approximate surface area is 179 Å². The van der Waals surface area contributed by atoms with Gasteiger partial charge in [0.15, 0.2) is 17.5 Å². The molecule has 7 nitrogen and oxygen atoms in total. The second-order valence-electron chi connectivity index (χ2n) is 8.08. The van der Waals surface area contributed by atoms with Crippen LogP contribution in [0.2, 0.25) is 5.02 Å². The number of hydrogen-bond acceptors (Lipinski definition) is 6. The van der Waals surface area contributed by atoms with E-state index in [0.717, 1.165) is 43.4 Å². The monoisotopic (exact) mass is 432 g/mol. The molecule has 4 heterocycles. The number of aliphatic hydroxyl groups is 1. The van der Waals surface area contributed by atoms with Crippen molar-refractivity contribution in [3.05, 3.63) is 35.5 Å². The topological polar surface area (TPSA) is 90.0 Å². The lowest BCUT2D eigenvalue weighted by molar-refractivity contribution is 0.131. The van der Waals surface area contributed by atoms with Gasteiger partial charge in [0.1, 0.15) is 5.65 Å². The first-order valence-corrected chi connectivity index (χ1v) is 10.6. The number of aliphatic hydroxyl groups excluding tert-OH is 1. The highest BCUT2D eigenvalue weighted by Crippen LogP contribution is 2.28. The van der Waals surface area contributed by atoms with Crippen LogP contribution in [0.1, 0.15) is 19.8 Å². The second kappa shape index (κ2) is 9.24. The van der Waals surface area contributed by atoms with Gasteiger partial charge >= 0.3 is 0 Å². The Balaban J connectivity index is 1.47. The molecule has 1 fully saturated rings. The van der Waals surface area contributed by atoms with E-state index in [0.29, 0.717) is 29.0 Å². The number of fused-ring (bicyclic) bond motifs is 1. The van der Waals surface area contributed by atoms with Gasteiger partial charge in [0.05, 0.1) is 11.2 Å². The van der Waals surface area contributed by atoms with Gasteiger partial charge in [-0.15, -0.1) is 0 Å². The number of H-pyrrole nitrogens is 1. The molecule has 1 aliphatic rings. The SMILES string of the molecule is C[C@@H](CO)CN1CCCC(CNc2nc(-c3c[nH]c4ncc(Cl)cc34)ncc2F)C1. The molecule has 3 aromatic heterocycles. The average Bonchev–Trinajstić information content (AvgIpc) is 3.16. The summed E-state index contributed by atoms with van der Waals surface area (Å²) in [5, 5.41) is 13.8. The lowest BCUT2D eigenvalue weighted by atomic mass is 9.97. The fourth-order valence-corrected chi connectivity index (χ4v) is 4.16. The number of nitrogens with one attached hydrogen (secondary N) is 2. The van der Waals surface area contributed by atoms with Gasteiger partial charge in [-0.25, -0.2) is 19.3 Å². The zero-order valence-electron chi connectivity index (χ0n) is 16.9. The summed E-state index contributed by atoms with van der Waals surface area (Å²) in [6, 6.07) is 1.79. The van der Waals surface area contributed by atoms with Gasteiger partial charge in [-0.2, -0.15) is 0 Å². The molecular weight excluding hydrogens is 407 g/mol. The van der Waals surface area contributed by atoms with E-state index >= 15 is 0 Å². The maximum atomic E-state index is 14.4. The van der Waals surface area contributed by atoms with Gasteiger partial charge in [-0.1, -0.05) is 18.5 Å². The molecule has 9 heteroatoms. The van der Waals surface area contributed by atoms with Crippen LogP contribution in [-0.2, 0) is 0 Å². The second-order valence-corrected chi connectivity index (χ2v) is 8.52. The Bertz CT molecular complexity index is 1010. The van der Waals surface area contributed by atoms with Crippen molar-refractivity contribution in [2.45, 2.75) is 19.8 Å². The molecule has 1 unspecified atom stereocenters. The number of hydrogen-bond donors (Lipinski definition) is 3. The van der Waals surface area contributed by atoms with Gasteiger partial charge in [0.25, 0.3) is 0 Å². The molecule has 0 aliphatic carbocycles. The molecule has 2 atom stereocenters. The summed E-state index contributed by atoms with van der Waals surface area (Å²) >= 11 is 6.07. The zero-order valence-corrected chi connectivity index (χ0v) is 17.7. The molecule has 1 aliphatic heterocycles. The molecule has 4 rings (SSSR count). The number of piperidine rings is 1. The maximum Gasteiger partial charge on any atom is 0.183 e. The molecule has 160 valence electrons. The van der Waals surface area contributed by atoms with Crippen molar-refractivity contribution < 1.29 is 9.50 Å². The van der Waals surface area contributed by atoms with E-state index < -0.39 is 5.82 Å². The highest BCUT2D eigenvalue weighted by atomic mass is 35.5. The van der Waals surface area contributed by atoms with Crippen LogP contribution >= 0.6 is 11.6 Å². The highest BCUT2D eigenvalue weighted by Gasteiger charge is 2.22. The summed E-state index contributed by atoms with van der Waals surface area (Å²) in [6.45, 7) is 5.75. The number of anilines is 1. The summed E-state index contributed by atoms with van der Waals surface area (Å²) in [5.74, 6) is 0.800. The molecule has 30 heavy (non-hydrogen) atoms. The number of rotatable bonds is 7. The molecule has 0 bridgehead atoms. The van der Waals surface area contributed by atoms with E-state index in [1.54, 1.807) is 18.5 Å². The minimum atomic E-state index is -0.476. The van der Waals surface area contributed by atoms with Crippen LogP contribution in [0.4, 0.5) is 10.2 Å². The number of halogens is 2. The Morgan fingerprint density at radius 1 is 1.40 bits per heavy atom. The standard InChI is InChI=1S/C21H26ClFN6O/c1-13(12-30)10-29-4-2-3-14(11-29)6-24-21-18(23)9-27-20(28-21)17-8-26-19-16(17)5-15(22)7-25-19/h5,7-9,13-14,30H,2-4,6,10-12H2,1H3,(H,25,26)(H,24,27,28)/t13-,14?/m1/s1. The van der Waals surface area contributed by atoms with Crippen molar-refractivity contribution in [2.75, 3.05) is 38.1 Å². The van der Waals surface area contributed by atoms with Gasteiger partial charge in [0, 0.05) is 49.6 Å². The molecular formula is C21H26ClFN6O. The summed E-state index contributed by atoms with van der Waals surface area (Å²) in [6.07, 6.45) is 6.70. The van der Waals surface area contributed by atoms with Crippen molar-refractivity contribution in [3.8, 4) is 11.4 Å². The molecule has 3 N–H and O–H groups in total. The largest absolute Gasteiger partial charge is 0.396 e. The van der Waals surface area contributed by atoms with Crippen LogP contribution in [-0.4, -0.2) is 62.7 Å². The highest BCUT2D eigenvalue weighted by molar-refractivity contribution is 6.31. The Morgan fingerprint density at radius 3 is 3.10 bits per heavy atom. The van der Waals surface area contributed by atoms with Crippen molar-refractivity contribution in [1.82, 2.24) is 24.8 Å². The number of aromatic amines is 1. The number of nitrogens with zero attached hydrogens (tertiary/aromatic N) is 4. The molecule has 0 saturated carbocycles. The van der Waals surface area contributed by atoms with Crippen molar-refractivity contribution >= 4 is 28.5 Å². The summed E-state index contributed by atoms with van der Waals surface area (Å²) in [7, 11) is 0. The van der Waals surface area contributed by atoms with E-state index in [4.69, 9.17) is 11.6 Å². The molecule has 1 saturated heterocycles. The molecule has 0 spiro atoms. The third kappa shape index (κ3) is 4.71. The van der Waals surface area contributed by atoms with Gasteiger partial charge in [-0.05, 0) is 37.3 Å². The molecule has 0 radical (unpaired) electrons. The number of likely N-dealkylation sites (tertiary alicyclic amines) is 1. The van der Waals surface area contributed by atoms with Crippen LogP contribution in [0.3, 0.4) is 0 Å². The third-order valence-corrected chi connectivity index (χ3v) is 5.73. The zero-order chi connectivity index (χ0) is 21.1. The predicted molar refractivity (Wildman–Crippen MR) is 116 cm³/mol. The number of pyridine rings is 1. The van der Waals surface area contributed by atoms with Gasteiger partial charge < -0.3 is 20.3 Å². The Hall–Kier alpha value is -2.29. The van der Waals surface area contributed by atoms with E-state index in [2.05, 4.69) is 30.2 Å². The van der Waals surface area contributed by atoms with Crippen molar-refractivity contribution in [3.63, 3.8) is 0 Å². The van der Waals surface area contributed by atoms with Crippen molar-refractivity contribution in [1.29, 1.82) is 0 Å². The third-order valence-electron chi connectivity index (χ3n) is 5.53. The maximum absolute atomic E-state index is 14.4. The van der Waals surface area contributed by atoms with Crippen molar-refractivity contribution in [2.24, 2.45) is 11.8 Å². The molecule has 3 aromatic rings. The summed E-state index contributed by atoms with van der Waals surface area (Å²) in [5.41, 5.74) is 1.40. The van der Waals surface area contributed by atoms with Crippen LogP contribution in [0.15, 0.2) is 24.7 Å². The molecule has 0 aromatic carbocycles. The molecule has 0 amide bonds. The first-order chi connectivity index (χ1) is 14.5. The number of aromatic nitrogens is 4. The fourth-order valence-electron chi connectivity index (χ4n) is 4.01. The Morgan fingerprint density at radius 2 is 2.27 bits per heavy atom. The van der Waals surface area contributed by atoms with Gasteiger partial charge in [-0.3, -0.25) is 0 Å². The average molecular weight is 433 g/mol.